The number of benzene rings is 3. The molecule has 322 valence electrons. The molecule has 28 heteroatoms. The molecule has 0 fully saturated rings. The number of ether oxygens (including phenoxy) is 1. The van der Waals surface area contributed by atoms with E-state index >= 15 is 0 Å². The van der Waals surface area contributed by atoms with Crippen LogP contribution in [0.15, 0.2) is 72.6 Å². The molecule has 4 rings (SSSR count). The molecule has 25 nitrogen and oxygen atoms in total. The number of carboxylic acid groups (broad SMARTS) is 6. The van der Waals surface area contributed by atoms with Crippen molar-refractivity contribution in [1.82, 2.24) is 9.78 Å². The summed E-state index contributed by atoms with van der Waals surface area (Å²) in [6, 6.07) is 16.2. The van der Waals surface area contributed by atoms with Gasteiger partial charge in [0.15, 0.2) is 5.57 Å². The van der Waals surface area contributed by atoms with Gasteiger partial charge in [0.05, 0.1) is 51.9 Å². The second-order valence-electron chi connectivity index (χ2n) is 10.2. The number of allylic oxidation sites excluding steroid dienone is 1. The van der Waals surface area contributed by atoms with Crippen molar-refractivity contribution in [2.45, 2.75) is 14.4 Å². The number of hydrazine groups is 1. The third-order valence-electron chi connectivity index (χ3n) is 6.40. The SMILES string of the molecule is C.CCOC=C(C#N)C#N.N#Cc1cnn(-c2ccc(C(=O)O)c(C(=O)O)c2)c1N.NNc1ccc(C(=O)O)c(C(=O)O)c1.Nc1ccc(C(=O)O)c(C(=O)O)c1.O=[S-](=O)[O-].[Na+].[Na+]. The molecule has 0 aliphatic carbocycles. The van der Waals surface area contributed by atoms with Crippen LogP contribution in [0.25, 0.3) is 5.69 Å². The van der Waals surface area contributed by atoms with Crippen LogP contribution in [0.4, 0.5) is 17.2 Å². The number of nitrogen functional groups attached to an aromatic ring is 3. The Kier molecular flexibility index (Phi) is 31.6. The van der Waals surface area contributed by atoms with E-state index in [1.165, 1.54) is 36.5 Å². The van der Waals surface area contributed by atoms with Crippen LogP contribution in [0.5, 0.6) is 0 Å². The zero-order valence-electron chi connectivity index (χ0n) is 32.2. The normalized spacial score (nSPS) is 8.71. The Bertz CT molecular complexity index is 2480. The van der Waals surface area contributed by atoms with Gasteiger partial charge in [0.2, 0.25) is 0 Å². The van der Waals surface area contributed by atoms with Gasteiger partial charge in [0.1, 0.15) is 35.9 Å². The molecule has 0 saturated carbocycles. The van der Waals surface area contributed by atoms with E-state index in [-0.39, 0.29) is 128 Å². The number of nitrogens with one attached hydrogen (secondary N) is 1. The molecule has 4 aromatic rings. The largest absolute Gasteiger partial charge is 1.00 e. The summed E-state index contributed by atoms with van der Waals surface area (Å²) in [7, 11) is -3.11. The van der Waals surface area contributed by atoms with Gasteiger partial charge in [-0.15, -0.1) is 0 Å². The average molecular weight is 914 g/mol. The summed E-state index contributed by atoms with van der Waals surface area (Å²) in [5.74, 6) is -2.80. The molecule has 0 unspecified atom stereocenters. The minimum atomic E-state index is -3.11. The first-order valence-electron chi connectivity index (χ1n) is 15.3. The van der Waals surface area contributed by atoms with Crippen LogP contribution in [0.2, 0.25) is 0 Å². The summed E-state index contributed by atoms with van der Waals surface area (Å²) in [5, 5.41) is 81.4. The summed E-state index contributed by atoms with van der Waals surface area (Å²) in [4.78, 5) is 64.4. The summed E-state index contributed by atoms with van der Waals surface area (Å²) in [5.41, 5.74) is 12.3. The topological polar surface area (TPSA) is 470 Å². The molecule has 1 aromatic heterocycles. The van der Waals surface area contributed by atoms with Gasteiger partial charge in [-0.2, -0.15) is 31.9 Å². The number of aromatic carboxylic acids is 6. The Balaban J connectivity index is -0.000000364. The third kappa shape index (κ3) is 21.4. The van der Waals surface area contributed by atoms with Gasteiger partial charge in [0, 0.05) is 11.4 Å². The predicted octanol–water partition coefficient (Wildman–Crippen LogP) is -3.22. The molecule has 0 saturated heterocycles. The van der Waals surface area contributed by atoms with E-state index < -0.39 is 46.8 Å². The monoisotopic (exact) mass is 913 g/mol. The molecule has 0 atom stereocenters. The van der Waals surface area contributed by atoms with Crippen molar-refractivity contribution in [2.75, 3.05) is 23.5 Å². The van der Waals surface area contributed by atoms with Crippen LogP contribution >= 0.6 is 0 Å². The Morgan fingerprint density at radius 2 is 1.14 bits per heavy atom. The van der Waals surface area contributed by atoms with Crippen LogP contribution in [0.1, 0.15) is 82.1 Å². The fourth-order valence-corrected chi connectivity index (χ4v) is 3.84. The number of nitrogens with zero attached hydrogens (tertiary/aromatic N) is 5. The van der Waals surface area contributed by atoms with Gasteiger partial charge in [-0.3, -0.25) is 5.84 Å². The van der Waals surface area contributed by atoms with E-state index in [1.54, 1.807) is 19.1 Å². The first kappa shape index (κ1) is 62.6. The van der Waals surface area contributed by atoms with Gasteiger partial charge in [-0.1, -0.05) is 7.43 Å². The van der Waals surface area contributed by atoms with Gasteiger partial charge in [-0.05, 0) is 61.5 Å². The van der Waals surface area contributed by atoms with Crippen molar-refractivity contribution < 1.29 is 136 Å². The maximum absolute atomic E-state index is 11.1. The molecule has 0 aliphatic rings. The molecule has 0 amide bonds. The number of carbonyl (C=O) groups is 6. The summed E-state index contributed by atoms with van der Waals surface area (Å²) >= 11 is 0. The second-order valence-corrected chi connectivity index (χ2v) is 10.6. The molecule has 1 heterocycles. The number of hydrogen-bond acceptors (Lipinski definition) is 19. The molecule has 3 aromatic carbocycles. The van der Waals surface area contributed by atoms with Gasteiger partial charge < -0.3 is 65.2 Å². The quantitative estimate of drug-likeness (QED) is 0.00861. The minimum Gasteiger partial charge on any atom is -0.917 e. The Labute approximate surface area is 402 Å². The first-order valence-corrected chi connectivity index (χ1v) is 16.3. The van der Waals surface area contributed by atoms with Gasteiger partial charge >= 0.3 is 94.9 Å². The van der Waals surface area contributed by atoms with Crippen molar-refractivity contribution in [3.8, 4) is 23.9 Å². The Morgan fingerprint density at radius 1 is 0.746 bits per heavy atom. The number of anilines is 3. The van der Waals surface area contributed by atoms with Crippen LogP contribution in [0, 0.1) is 34.0 Å². The maximum Gasteiger partial charge on any atom is 1.00 e. The van der Waals surface area contributed by atoms with Gasteiger partial charge in [0.25, 0.3) is 0 Å². The number of nitrogens with two attached hydrogens (primary N) is 3. The van der Waals surface area contributed by atoms with Crippen molar-refractivity contribution in [3.63, 3.8) is 0 Å². The van der Waals surface area contributed by atoms with Crippen LogP contribution in [-0.4, -0.2) is 87.4 Å². The predicted molar refractivity (Wildman–Crippen MR) is 207 cm³/mol. The summed E-state index contributed by atoms with van der Waals surface area (Å²) in [6.45, 7) is 2.26. The van der Waals surface area contributed by atoms with E-state index in [0.29, 0.717) is 12.3 Å². The standard InChI is InChI=1S/C12H8N4O4.C8H8N2O4.C8H7NO4.C6H6N2O.CH4.2Na.O3S/c13-4-6-5-15-16(10(6)14)7-1-2-8(11(17)18)9(3-7)12(19)20;9-10-4-1-2-5(7(11)12)6(3-4)8(13)14;9-4-1-2-5(7(10)11)6(3-4)8(12)13;1-2-9-5-6(3-7)4-8;;;;1-4(2)3/h1-3,5H,14H2,(H,17,18)(H,19,20);1-3,10H,9H2,(H,11,12)(H,13,14);1-3H,9H2,(H,10,11)(H,12,13);5H,2H2,1H3;1H4;;;/q;;;;;2*+1;-2. The molecule has 0 radical (unpaired) electrons. The van der Waals surface area contributed by atoms with E-state index in [0.717, 1.165) is 35.2 Å². The molecular weight excluding hydrogens is 880 g/mol. The number of aromatic nitrogens is 2. The fraction of sp³-hybridized carbons (Fsp3) is 0.0857. The van der Waals surface area contributed by atoms with Crippen LogP contribution < -0.4 is 81.9 Å². The maximum atomic E-state index is 11.1. The molecule has 0 aliphatic heterocycles. The molecule has 0 bridgehead atoms. The smallest absolute Gasteiger partial charge is 0.917 e. The van der Waals surface area contributed by atoms with Crippen molar-refractivity contribution >= 4 is 64.0 Å². The summed E-state index contributed by atoms with van der Waals surface area (Å²) < 4.78 is 31.2. The van der Waals surface area contributed by atoms with Crippen LogP contribution in [-0.2, 0) is 24.1 Å². The summed E-state index contributed by atoms with van der Waals surface area (Å²) in [6.07, 6.45) is 2.39. The van der Waals surface area contributed by atoms with E-state index in [9.17, 15) is 28.8 Å². The zero-order chi connectivity index (χ0) is 46.3. The number of hydrogen-bond donors (Lipinski definition) is 10. The van der Waals surface area contributed by atoms with E-state index in [2.05, 4.69) is 15.3 Å². The van der Waals surface area contributed by atoms with Crippen molar-refractivity contribution in [3.05, 3.63) is 112 Å². The molecule has 0 spiro atoms. The van der Waals surface area contributed by atoms with Crippen molar-refractivity contribution in [1.29, 1.82) is 15.8 Å². The number of nitriles is 3. The average Bonchev–Trinajstić information content (AvgIpc) is 3.57. The molecule has 63 heavy (non-hydrogen) atoms. The molecular formula is C35H33N9Na2O16S. The first-order chi connectivity index (χ1) is 28.1. The van der Waals surface area contributed by atoms with Gasteiger partial charge in [-0.25, -0.2) is 33.4 Å². The fourth-order valence-electron chi connectivity index (χ4n) is 3.84. The van der Waals surface area contributed by atoms with E-state index in [4.69, 9.17) is 76.7 Å². The third-order valence-corrected chi connectivity index (χ3v) is 6.40. The van der Waals surface area contributed by atoms with E-state index in [1.807, 2.05) is 6.07 Å². The number of carboxylic acids is 6. The Morgan fingerprint density at radius 3 is 1.51 bits per heavy atom. The molecule has 13 N–H and O–H groups in total. The van der Waals surface area contributed by atoms with Crippen molar-refractivity contribution in [2.24, 2.45) is 5.84 Å². The minimum absolute atomic E-state index is 0. The Hall–Kier alpha value is -7.03. The van der Waals surface area contributed by atoms with Crippen LogP contribution in [0.3, 0.4) is 0 Å². The second kappa shape index (κ2) is 31.8. The zero-order valence-corrected chi connectivity index (χ0v) is 37.0. The number of rotatable bonds is 10.